The Balaban J connectivity index is 1.71. The Morgan fingerprint density at radius 1 is 1.20 bits per heavy atom. The lowest BCUT2D eigenvalue weighted by molar-refractivity contribution is -0.124. The first kappa shape index (κ1) is 20.3. The number of nitrogens with zero attached hydrogens (tertiary/aromatic N) is 2. The smallest absolute Gasteiger partial charge is 0.232 e. The second-order valence-corrected chi connectivity index (χ2v) is 8.87. The van der Waals surface area contributed by atoms with E-state index in [9.17, 15) is 4.79 Å². The van der Waals surface area contributed by atoms with Gasteiger partial charge < -0.3 is 15.4 Å². The third-order valence-corrected chi connectivity index (χ3v) is 6.15. The van der Waals surface area contributed by atoms with E-state index in [-0.39, 0.29) is 11.8 Å². The summed E-state index contributed by atoms with van der Waals surface area (Å²) in [5.74, 6) is 1.00. The lowest BCUT2D eigenvalue weighted by atomic mass is 9.69. The quantitative estimate of drug-likeness (QED) is 0.481. The number of hydrogen-bond donors (Lipinski definition) is 2. The number of nitrogens with one attached hydrogen (secondary N) is 2. The molecule has 1 aliphatic rings. The molecule has 1 amide bonds. The molecule has 0 saturated heterocycles. The average molecular weight is 423 g/mol. The van der Waals surface area contributed by atoms with Crippen LogP contribution >= 0.6 is 11.3 Å². The van der Waals surface area contributed by atoms with Crippen LogP contribution in [0.1, 0.15) is 50.7 Å². The summed E-state index contributed by atoms with van der Waals surface area (Å²) >= 11 is 1.41. The van der Waals surface area contributed by atoms with Crippen molar-refractivity contribution in [2.24, 2.45) is 5.41 Å². The molecule has 3 aromatic rings. The van der Waals surface area contributed by atoms with Crippen LogP contribution in [0.25, 0.3) is 0 Å². The largest absolute Gasteiger partial charge is 0.438 e. The fourth-order valence-corrected chi connectivity index (χ4v) is 4.34. The zero-order valence-electron chi connectivity index (χ0n) is 17.4. The summed E-state index contributed by atoms with van der Waals surface area (Å²) in [7, 11) is 0. The third kappa shape index (κ3) is 3.89. The van der Waals surface area contributed by atoms with Gasteiger partial charge in [-0.25, -0.2) is 9.97 Å². The molecule has 6 nitrogen and oxygen atoms in total. The molecule has 1 unspecified atom stereocenters. The van der Waals surface area contributed by atoms with Crippen LogP contribution in [-0.4, -0.2) is 22.4 Å². The highest BCUT2D eigenvalue weighted by atomic mass is 32.1. The second-order valence-electron chi connectivity index (χ2n) is 7.98. The third-order valence-electron chi connectivity index (χ3n) is 5.46. The zero-order valence-corrected chi connectivity index (χ0v) is 18.3. The number of amides is 1. The van der Waals surface area contributed by atoms with Gasteiger partial charge >= 0.3 is 0 Å². The molecule has 1 aliphatic heterocycles. The molecule has 2 aromatic heterocycles. The number of aromatic nitrogens is 2. The summed E-state index contributed by atoms with van der Waals surface area (Å²) in [6, 6.07) is 9.99. The minimum absolute atomic E-state index is 0.0877. The zero-order chi connectivity index (χ0) is 21.1. The first-order chi connectivity index (χ1) is 14.5. The first-order valence-corrected chi connectivity index (χ1v) is 11.1. The molecule has 1 atom stereocenters. The molecule has 0 fully saturated rings. The summed E-state index contributed by atoms with van der Waals surface area (Å²) in [5.41, 5.74) is 2.15. The van der Waals surface area contributed by atoms with Gasteiger partial charge in [0, 0.05) is 53.1 Å². The lowest BCUT2D eigenvalue weighted by Gasteiger charge is -2.37. The highest BCUT2D eigenvalue weighted by molar-refractivity contribution is 7.13. The van der Waals surface area contributed by atoms with Crippen molar-refractivity contribution in [2.45, 2.75) is 39.5 Å². The van der Waals surface area contributed by atoms with Crippen molar-refractivity contribution in [1.29, 1.82) is 0 Å². The van der Waals surface area contributed by atoms with Gasteiger partial charge in [-0.15, -0.1) is 11.3 Å². The van der Waals surface area contributed by atoms with Gasteiger partial charge in [0.2, 0.25) is 11.8 Å². The maximum atomic E-state index is 13.3. The van der Waals surface area contributed by atoms with Gasteiger partial charge in [-0.1, -0.05) is 39.3 Å². The number of anilines is 2. The predicted molar refractivity (Wildman–Crippen MR) is 121 cm³/mol. The van der Waals surface area contributed by atoms with Gasteiger partial charge in [0.25, 0.3) is 0 Å². The number of ether oxygens (including phenoxy) is 1. The van der Waals surface area contributed by atoms with Crippen LogP contribution in [0.2, 0.25) is 0 Å². The maximum Gasteiger partial charge on any atom is 0.232 e. The van der Waals surface area contributed by atoms with E-state index in [0.717, 1.165) is 42.0 Å². The van der Waals surface area contributed by atoms with Crippen molar-refractivity contribution in [3.05, 3.63) is 59.2 Å². The summed E-state index contributed by atoms with van der Waals surface area (Å²) in [6.07, 6.45) is 5.64. The van der Waals surface area contributed by atoms with Crippen LogP contribution in [0.15, 0.2) is 48.1 Å². The summed E-state index contributed by atoms with van der Waals surface area (Å²) < 4.78 is 6.14. The summed E-state index contributed by atoms with van der Waals surface area (Å²) in [4.78, 5) is 21.9. The molecular weight excluding hydrogens is 396 g/mol. The summed E-state index contributed by atoms with van der Waals surface area (Å²) in [5, 5.41) is 8.85. The van der Waals surface area contributed by atoms with Crippen LogP contribution in [0.4, 0.5) is 10.8 Å². The molecule has 0 radical (unpaired) electrons. The van der Waals surface area contributed by atoms with Gasteiger partial charge in [-0.2, -0.15) is 0 Å². The number of fused-ring (bicyclic) bond motifs is 2. The highest BCUT2D eigenvalue weighted by Gasteiger charge is 2.44. The van der Waals surface area contributed by atoms with E-state index in [1.165, 1.54) is 11.3 Å². The van der Waals surface area contributed by atoms with Crippen molar-refractivity contribution >= 4 is 28.1 Å². The van der Waals surface area contributed by atoms with Crippen LogP contribution in [0, 0.1) is 5.41 Å². The Bertz CT molecular complexity index is 1030. The van der Waals surface area contributed by atoms with E-state index in [0.29, 0.717) is 11.0 Å². The fraction of sp³-hybridized carbons (Fsp3) is 0.348. The number of hydrogen-bond acceptors (Lipinski definition) is 6. The van der Waals surface area contributed by atoms with Crippen molar-refractivity contribution in [2.75, 3.05) is 17.2 Å². The van der Waals surface area contributed by atoms with Crippen molar-refractivity contribution in [3.8, 4) is 11.6 Å². The second kappa shape index (κ2) is 8.44. The van der Waals surface area contributed by atoms with Gasteiger partial charge in [0.05, 0.1) is 5.41 Å². The van der Waals surface area contributed by atoms with Crippen molar-refractivity contribution in [1.82, 2.24) is 9.97 Å². The standard InChI is InChI=1S/C23H26N4O2S/c1-4-5-10-24-15-8-9-16-18(14-15)29-20-17(7-6-11-25-20)19(16)23(2,3)21(28)27-22-26-12-13-30-22/h6-9,11-14,19,24H,4-5,10H2,1-3H3,(H,26,27,28). The number of carbonyl (C=O) groups excluding carboxylic acids is 1. The summed E-state index contributed by atoms with van der Waals surface area (Å²) in [6.45, 7) is 7.00. The number of thiazole rings is 1. The number of benzene rings is 1. The van der Waals surface area contributed by atoms with E-state index < -0.39 is 5.41 Å². The van der Waals surface area contributed by atoms with Gasteiger partial charge in [-0.05, 0) is 18.6 Å². The maximum absolute atomic E-state index is 13.3. The molecule has 0 spiro atoms. The number of unbranched alkanes of at least 4 members (excludes halogenated alkanes) is 1. The Kier molecular flexibility index (Phi) is 5.72. The van der Waals surface area contributed by atoms with Crippen molar-refractivity contribution in [3.63, 3.8) is 0 Å². The number of pyridine rings is 1. The van der Waals surface area contributed by atoms with E-state index in [2.05, 4.69) is 39.7 Å². The number of rotatable bonds is 7. The normalized spacial score (nSPS) is 15.0. The SMILES string of the molecule is CCCCNc1ccc2c(c1)Oc1ncccc1C2C(C)(C)C(=O)Nc1nccs1. The average Bonchev–Trinajstić information content (AvgIpc) is 3.25. The molecule has 30 heavy (non-hydrogen) atoms. The Labute approximate surface area is 180 Å². The van der Waals surface area contributed by atoms with Gasteiger partial charge in [-0.3, -0.25) is 4.79 Å². The van der Waals surface area contributed by atoms with Crippen LogP contribution in [-0.2, 0) is 4.79 Å². The number of carbonyl (C=O) groups is 1. The van der Waals surface area contributed by atoms with Gasteiger partial charge in [0.15, 0.2) is 5.13 Å². The van der Waals surface area contributed by atoms with Crippen molar-refractivity contribution < 1.29 is 9.53 Å². The van der Waals surface area contributed by atoms with E-state index >= 15 is 0 Å². The van der Waals surface area contributed by atoms with E-state index in [1.807, 2.05) is 37.4 Å². The molecule has 3 heterocycles. The van der Waals surface area contributed by atoms with E-state index in [1.54, 1.807) is 12.4 Å². The molecule has 2 N–H and O–H groups in total. The Hall–Kier alpha value is -2.93. The van der Waals surface area contributed by atoms with Crippen LogP contribution in [0.3, 0.4) is 0 Å². The van der Waals surface area contributed by atoms with Crippen LogP contribution in [0.5, 0.6) is 11.6 Å². The molecule has 0 saturated carbocycles. The minimum atomic E-state index is -0.751. The monoisotopic (exact) mass is 422 g/mol. The molecule has 0 aliphatic carbocycles. The predicted octanol–water partition coefficient (Wildman–Crippen LogP) is 5.65. The first-order valence-electron chi connectivity index (χ1n) is 10.2. The Morgan fingerprint density at radius 2 is 2.07 bits per heavy atom. The molecule has 1 aromatic carbocycles. The highest BCUT2D eigenvalue weighted by Crippen LogP contribution is 2.52. The van der Waals surface area contributed by atoms with E-state index in [4.69, 9.17) is 4.74 Å². The Morgan fingerprint density at radius 3 is 2.83 bits per heavy atom. The molecule has 7 heteroatoms. The van der Waals surface area contributed by atoms with Gasteiger partial charge in [0.1, 0.15) is 5.75 Å². The molecule has 4 rings (SSSR count). The fourth-order valence-electron chi connectivity index (χ4n) is 3.81. The topological polar surface area (TPSA) is 76.1 Å². The molecule has 156 valence electrons. The molecule has 0 bridgehead atoms. The van der Waals surface area contributed by atoms with Crippen LogP contribution < -0.4 is 15.4 Å². The molecular formula is C23H26N4O2S. The lowest BCUT2D eigenvalue weighted by Crippen LogP contribution is -2.38. The minimum Gasteiger partial charge on any atom is -0.438 e.